The van der Waals surface area contributed by atoms with Crippen LogP contribution in [-0.2, 0) is 0 Å². The summed E-state index contributed by atoms with van der Waals surface area (Å²) >= 11 is 1.35. The van der Waals surface area contributed by atoms with Crippen molar-refractivity contribution in [3.05, 3.63) is 11.1 Å². The van der Waals surface area contributed by atoms with E-state index in [2.05, 4.69) is 15.0 Å². The van der Waals surface area contributed by atoms with Crippen LogP contribution in [0.3, 0.4) is 0 Å². The van der Waals surface area contributed by atoms with E-state index in [-0.39, 0.29) is 6.04 Å². The zero-order valence-electron chi connectivity index (χ0n) is 5.03. The summed E-state index contributed by atoms with van der Waals surface area (Å²) in [6, 6.07) is 0.157. The fraction of sp³-hybridized carbons (Fsp3) is 0.500. The van der Waals surface area contributed by atoms with E-state index in [0.29, 0.717) is 0 Å². The Kier molecular flexibility index (Phi) is 2.10. The largest absolute Gasteiger partial charge is 0.271 e. The van der Waals surface area contributed by atoms with Crippen LogP contribution in [0.4, 0.5) is 0 Å². The number of hydrogen-bond donors (Lipinski definition) is 2. The van der Waals surface area contributed by atoms with Gasteiger partial charge in [-0.3, -0.25) is 11.3 Å². The van der Waals surface area contributed by atoms with Gasteiger partial charge in [0.15, 0.2) is 0 Å². The predicted molar refractivity (Wildman–Crippen MR) is 35.6 cm³/mol. The molecule has 4 nitrogen and oxygen atoms in total. The Bertz CT molecular complexity index is 161. The quantitative estimate of drug-likeness (QED) is 0.455. The first kappa shape index (κ1) is 6.60. The van der Waals surface area contributed by atoms with Crippen molar-refractivity contribution in [2.24, 2.45) is 5.84 Å². The van der Waals surface area contributed by atoms with E-state index in [1.54, 1.807) is 6.20 Å². The van der Waals surface area contributed by atoms with Gasteiger partial charge in [0.25, 0.3) is 0 Å². The maximum atomic E-state index is 5.16. The molecule has 0 aliphatic carbocycles. The first-order valence-electron chi connectivity index (χ1n) is 2.58. The van der Waals surface area contributed by atoms with Crippen molar-refractivity contribution in [2.75, 3.05) is 0 Å². The van der Waals surface area contributed by atoms with Gasteiger partial charge in [-0.25, -0.2) is 0 Å². The molecule has 0 saturated carbocycles. The Labute approximate surface area is 57.2 Å². The van der Waals surface area contributed by atoms with Crippen molar-refractivity contribution < 1.29 is 0 Å². The molecule has 1 heterocycles. The van der Waals surface area contributed by atoms with E-state index in [1.165, 1.54) is 11.5 Å². The molecule has 0 saturated heterocycles. The van der Waals surface area contributed by atoms with Crippen LogP contribution in [0.25, 0.3) is 0 Å². The summed E-state index contributed by atoms with van der Waals surface area (Å²) in [5, 5.41) is 3.66. The molecule has 3 N–H and O–H groups in total. The maximum Gasteiger partial charge on any atom is 0.0669 e. The third kappa shape index (κ3) is 1.44. The highest BCUT2D eigenvalue weighted by Crippen LogP contribution is 2.11. The maximum absolute atomic E-state index is 5.16. The number of rotatable bonds is 2. The number of nitrogens with two attached hydrogens (primary N) is 1. The molecule has 50 valence electrons. The molecule has 0 aliphatic heterocycles. The van der Waals surface area contributed by atoms with Gasteiger partial charge in [-0.1, -0.05) is 4.49 Å². The summed E-state index contributed by atoms with van der Waals surface area (Å²) in [4.78, 5) is 1.05. The molecule has 1 aromatic rings. The fourth-order valence-corrected chi connectivity index (χ4v) is 0.957. The molecule has 0 spiro atoms. The monoisotopic (exact) mass is 144 g/mol. The lowest BCUT2D eigenvalue weighted by molar-refractivity contribution is 0.611. The molecule has 0 aromatic carbocycles. The highest BCUT2D eigenvalue weighted by Gasteiger charge is 2.03. The van der Waals surface area contributed by atoms with Crippen LogP contribution in [0, 0.1) is 0 Å². The van der Waals surface area contributed by atoms with Crippen molar-refractivity contribution >= 4 is 11.5 Å². The Hall–Kier alpha value is -0.520. The molecule has 5 heteroatoms. The third-order valence-corrected chi connectivity index (χ3v) is 1.90. The van der Waals surface area contributed by atoms with Gasteiger partial charge in [0.2, 0.25) is 0 Å². The van der Waals surface area contributed by atoms with Crippen LogP contribution in [0.15, 0.2) is 6.20 Å². The molecule has 0 aliphatic rings. The van der Waals surface area contributed by atoms with Crippen LogP contribution in [0.1, 0.15) is 17.8 Å². The average molecular weight is 144 g/mol. The van der Waals surface area contributed by atoms with Gasteiger partial charge in [0.05, 0.1) is 17.1 Å². The topological polar surface area (TPSA) is 63.8 Å². The molecule has 1 aromatic heterocycles. The lowest BCUT2D eigenvalue weighted by atomic mass is 10.3. The Morgan fingerprint density at radius 3 is 3.11 bits per heavy atom. The number of hydrazine groups is 1. The second kappa shape index (κ2) is 2.86. The lowest BCUT2D eigenvalue weighted by Crippen LogP contribution is -2.24. The van der Waals surface area contributed by atoms with E-state index < -0.39 is 0 Å². The highest BCUT2D eigenvalue weighted by molar-refractivity contribution is 7.05. The van der Waals surface area contributed by atoms with Crippen LogP contribution < -0.4 is 11.3 Å². The van der Waals surface area contributed by atoms with Crippen molar-refractivity contribution in [1.29, 1.82) is 0 Å². The standard InChI is InChI=1S/C4H8N4S/c1-3(7-5)4-2-6-8-9-4/h2-3,7H,5H2,1H3. The normalized spacial score (nSPS) is 13.6. The van der Waals surface area contributed by atoms with E-state index in [1.807, 2.05) is 6.92 Å². The number of nitrogens with one attached hydrogen (secondary N) is 1. The zero-order chi connectivity index (χ0) is 6.69. The summed E-state index contributed by atoms with van der Waals surface area (Å²) < 4.78 is 3.69. The fourth-order valence-electron chi connectivity index (χ4n) is 0.448. The van der Waals surface area contributed by atoms with Crippen molar-refractivity contribution in [1.82, 2.24) is 15.0 Å². The number of hydrogen-bond acceptors (Lipinski definition) is 5. The molecule has 0 fully saturated rings. The van der Waals surface area contributed by atoms with Crippen LogP contribution in [0.2, 0.25) is 0 Å². The Morgan fingerprint density at radius 1 is 1.89 bits per heavy atom. The molecule has 0 bridgehead atoms. The lowest BCUT2D eigenvalue weighted by Gasteiger charge is -2.02. The Morgan fingerprint density at radius 2 is 2.67 bits per heavy atom. The zero-order valence-corrected chi connectivity index (χ0v) is 5.85. The minimum Gasteiger partial charge on any atom is -0.271 e. The minimum atomic E-state index is 0.157. The minimum absolute atomic E-state index is 0.157. The smallest absolute Gasteiger partial charge is 0.0669 e. The van der Waals surface area contributed by atoms with Gasteiger partial charge >= 0.3 is 0 Å². The number of nitrogens with zero attached hydrogens (tertiary/aromatic N) is 2. The van der Waals surface area contributed by atoms with Crippen LogP contribution >= 0.6 is 11.5 Å². The molecular formula is C4H8N4S. The number of aromatic nitrogens is 2. The van der Waals surface area contributed by atoms with Gasteiger partial charge in [0, 0.05) is 0 Å². The summed E-state index contributed by atoms with van der Waals surface area (Å²) in [5.41, 5.74) is 2.60. The molecule has 1 atom stereocenters. The summed E-state index contributed by atoms with van der Waals surface area (Å²) in [6.45, 7) is 1.95. The summed E-state index contributed by atoms with van der Waals surface area (Å²) in [7, 11) is 0. The van der Waals surface area contributed by atoms with E-state index in [9.17, 15) is 0 Å². The van der Waals surface area contributed by atoms with E-state index in [0.717, 1.165) is 4.88 Å². The SMILES string of the molecule is CC(NN)c1cnns1. The van der Waals surface area contributed by atoms with Crippen molar-refractivity contribution in [3.8, 4) is 0 Å². The van der Waals surface area contributed by atoms with Gasteiger partial charge in [-0.2, -0.15) is 0 Å². The Balaban J connectivity index is 2.65. The third-order valence-electron chi connectivity index (χ3n) is 1.06. The second-order valence-corrected chi connectivity index (χ2v) is 2.53. The van der Waals surface area contributed by atoms with Gasteiger partial charge < -0.3 is 0 Å². The van der Waals surface area contributed by atoms with Gasteiger partial charge in [-0.05, 0) is 18.5 Å². The predicted octanol–water partition coefficient (Wildman–Crippen LogP) is 0.0624. The van der Waals surface area contributed by atoms with E-state index in [4.69, 9.17) is 5.84 Å². The highest BCUT2D eigenvalue weighted by atomic mass is 32.1. The van der Waals surface area contributed by atoms with Crippen molar-refractivity contribution in [3.63, 3.8) is 0 Å². The molecule has 0 radical (unpaired) electrons. The molecule has 9 heavy (non-hydrogen) atoms. The first-order valence-corrected chi connectivity index (χ1v) is 3.35. The molecule has 1 unspecified atom stereocenters. The van der Waals surface area contributed by atoms with Crippen LogP contribution in [-0.4, -0.2) is 9.59 Å². The average Bonchev–Trinajstić information content (AvgIpc) is 2.37. The summed E-state index contributed by atoms with van der Waals surface area (Å²) in [6.07, 6.45) is 1.70. The van der Waals surface area contributed by atoms with Crippen molar-refractivity contribution in [2.45, 2.75) is 13.0 Å². The first-order chi connectivity index (χ1) is 4.34. The van der Waals surface area contributed by atoms with Crippen LogP contribution in [0.5, 0.6) is 0 Å². The summed E-state index contributed by atoms with van der Waals surface area (Å²) in [5.74, 6) is 5.16. The molecule has 1 rings (SSSR count). The molecular weight excluding hydrogens is 136 g/mol. The van der Waals surface area contributed by atoms with Gasteiger partial charge in [-0.15, -0.1) is 5.10 Å². The molecule has 0 amide bonds. The van der Waals surface area contributed by atoms with Gasteiger partial charge in [0.1, 0.15) is 0 Å². The van der Waals surface area contributed by atoms with E-state index >= 15 is 0 Å². The second-order valence-electron chi connectivity index (χ2n) is 1.71.